The lowest BCUT2D eigenvalue weighted by molar-refractivity contribution is 0.282. The first-order valence-electron chi connectivity index (χ1n) is 5.04. The summed E-state index contributed by atoms with van der Waals surface area (Å²) >= 11 is 5.01. The molecule has 0 atom stereocenters. The summed E-state index contributed by atoms with van der Waals surface area (Å²) in [7, 11) is 0. The Labute approximate surface area is 91.6 Å². The van der Waals surface area contributed by atoms with Gasteiger partial charge in [-0.1, -0.05) is 18.9 Å². The van der Waals surface area contributed by atoms with Crippen LogP contribution in [0.25, 0.3) is 0 Å². The Balaban J connectivity index is 3.10. The fourth-order valence-corrected chi connectivity index (χ4v) is 1.21. The first-order chi connectivity index (χ1) is 6.81. The van der Waals surface area contributed by atoms with E-state index in [9.17, 15) is 0 Å². The van der Waals surface area contributed by atoms with Gasteiger partial charge in [-0.2, -0.15) is 0 Å². The smallest absolute Gasteiger partial charge is 0.166 e. The number of aliphatic hydroxyl groups is 1. The van der Waals surface area contributed by atoms with Gasteiger partial charge in [0.25, 0.3) is 0 Å². The Morgan fingerprint density at radius 1 is 1.21 bits per heavy atom. The van der Waals surface area contributed by atoms with Crippen LogP contribution in [0.3, 0.4) is 0 Å². The van der Waals surface area contributed by atoms with Gasteiger partial charge in [-0.15, -0.1) is 6.58 Å². The summed E-state index contributed by atoms with van der Waals surface area (Å²) in [6.07, 6.45) is 5.99. The van der Waals surface area contributed by atoms with Gasteiger partial charge in [-0.3, -0.25) is 0 Å². The molecule has 0 aliphatic rings. The number of nitrogens with one attached hydrogen (secondary N) is 2. The molecular formula is C10H20N2OS. The maximum atomic E-state index is 8.55. The molecule has 0 aliphatic heterocycles. The number of hydrogen-bond acceptors (Lipinski definition) is 2. The maximum Gasteiger partial charge on any atom is 0.166 e. The summed E-state index contributed by atoms with van der Waals surface area (Å²) in [6.45, 7) is 5.49. The molecule has 82 valence electrons. The molecule has 0 amide bonds. The molecule has 0 spiro atoms. The molecule has 0 saturated carbocycles. The van der Waals surface area contributed by atoms with Crippen LogP contribution in [-0.4, -0.2) is 29.9 Å². The molecule has 14 heavy (non-hydrogen) atoms. The molecule has 0 aromatic heterocycles. The fraction of sp³-hybridized carbons (Fsp3) is 0.700. The minimum Gasteiger partial charge on any atom is -0.396 e. The van der Waals surface area contributed by atoms with Crippen LogP contribution in [0.15, 0.2) is 12.7 Å². The molecule has 0 fully saturated rings. The van der Waals surface area contributed by atoms with E-state index in [0.717, 1.165) is 32.2 Å². The topological polar surface area (TPSA) is 44.3 Å². The Morgan fingerprint density at radius 3 is 2.57 bits per heavy atom. The van der Waals surface area contributed by atoms with E-state index in [1.807, 2.05) is 0 Å². The van der Waals surface area contributed by atoms with Crippen molar-refractivity contribution in [1.29, 1.82) is 0 Å². The molecule has 0 bridgehead atoms. The van der Waals surface area contributed by atoms with Crippen LogP contribution in [0.2, 0.25) is 0 Å². The number of thiocarbonyl (C=S) groups is 1. The zero-order valence-electron chi connectivity index (χ0n) is 8.59. The third-order valence-electron chi connectivity index (χ3n) is 1.78. The maximum absolute atomic E-state index is 8.55. The highest BCUT2D eigenvalue weighted by Crippen LogP contribution is 1.97. The van der Waals surface area contributed by atoms with E-state index in [1.165, 1.54) is 0 Å². The molecule has 0 heterocycles. The van der Waals surface area contributed by atoms with Crippen LogP contribution < -0.4 is 10.6 Å². The highest BCUT2D eigenvalue weighted by molar-refractivity contribution is 7.80. The largest absolute Gasteiger partial charge is 0.396 e. The third kappa shape index (κ3) is 9.48. The van der Waals surface area contributed by atoms with Crippen molar-refractivity contribution in [3.05, 3.63) is 12.7 Å². The summed E-state index contributed by atoms with van der Waals surface area (Å²) in [5.41, 5.74) is 0. The molecule has 0 radical (unpaired) electrons. The Bertz CT molecular complexity index is 162. The van der Waals surface area contributed by atoms with Crippen LogP contribution in [0.4, 0.5) is 0 Å². The summed E-state index contributed by atoms with van der Waals surface area (Å²) in [4.78, 5) is 0. The van der Waals surface area contributed by atoms with E-state index in [-0.39, 0.29) is 0 Å². The predicted molar refractivity (Wildman–Crippen MR) is 64.4 cm³/mol. The van der Waals surface area contributed by atoms with E-state index in [0.29, 0.717) is 18.3 Å². The molecule has 0 unspecified atom stereocenters. The number of aliphatic hydroxyl groups excluding tert-OH is 1. The Kier molecular flexibility index (Phi) is 10.0. The molecule has 4 heteroatoms. The summed E-state index contributed by atoms with van der Waals surface area (Å²) in [5.74, 6) is 0. The second-order valence-electron chi connectivity index (χ2n) is 3.06. The fourth-order valence-electron chi connectivity index (χ4n) is 1.02. The van der Waals surface area contributed by atoms with Crippen molar-refractivity contribution < 1.29 is 5.11 Å². The van der Waals surface area contributed by atoms with Gasteiger partial charge in [0.2, 0.25) is 0 Å². The zero-order chi connectivity index (χ0) is 10.6. The van der Waals surface area contributed by atoms with Crippen LogP contribution in [0, 0.1) is 0 Å². The third-order valence-corrected chi connectivity index (χ3v) is 2.07. The van der Waals surface area contributed by atoms with Gasteiger partial charge in [-0.25, -0.2) is 0 Å². The van der Waals surface area contributed by atoms with Crippen molar-refractivity contribution in [3.63, 3.8) is 0 Å². The van der Waals surface area contributed by atoms with Gasteiger partial charge < -0.3 is 15.7 Å². The van der Waals surface area contributed by atoms with E-state index >= 15 is 0 Å². The van der Waals surface area contributed by atoms with Gasteiger partial charge in [0.15, 0.2) is 5.11 Å². The number of unbranched alkanes of at least 4 members (excludes halogenated alkanes) is 3. The molecular weight excluding hydrogens is 196 g/mol. The highest BCUT2D eigenvalue weighted by atomic mass is 32.1. The highest BCUT2D eigenvalue weighted by Gasteiger charge is 1.92. The SMILES string of the molecule is C=CCNC(=S)NCCCCCCO. The van der Waals surface area contributed by atoms with Crippen LogP contribution in [0.1, 0.15) is 25.7 Å². The minimum atomic E-state index is 0.298. The van der Waals surface area contributed by atoms with Crippen LogP contribution in [0.5, 0.6) is 0 Å². The number of rotatable bonds is 8. The molecule has 0 saturated heterocycles. The van der Waals surface area contributed by atoms with Crippen molar-refractivity contribution in [2.24, 2.45) is 0 Å². The van der Waals surface area contributed by atoms with Gasteiger partial charge in [0.1, 0.15) is 0 Å². The first-order valence-corrected chi connectivity index (χ1v) is 5.45. The molecule has 3 nitrogen and oxygen atoms in total. The lowest BCUT2D eigenvalue weighted by Crippen LogP contribution is -2.35. The van der Waals surface area contributed by atoms with Crippen LogP contribution >= 0.6 is 12.2 Å². The standard InChI is InChI=1S/C10H20N2OS/c1-2-7-11-10(14)12-8-5-3-4-6-9-13/h2,13H,1,3-9H2,(H2,11,12,14). The monoisotopic (exact) mass is 216 g/mol. The normalized spacial score (nSPS) is 9.50. The molecule has 3 N–H and O–H groups in total. The van der Waals surface area contributed by atoms with Crippen molar-refractivity contribution in [2.75, 3.05) is 19.7 Å². The minimum absolute atomic E-state index is 0.298. The summed E-state index contributed by atoms with van der Waals surface area (Å²) in [5, 5.41) is 15.3. The second kappa shape index (κ2) is 10.5. The molecule has 0 aliphatic carbocycles. The van der Waals surface area contributed by atoms with Gasteiger partial charge in [-0.05, 0) is 25.1 Å². The first kappa shape index (κ1) is 13.4. The van der Waals surface area contributed by atoms with Crippen molar-refractivity contribution in [1.82, 2.24) is 10.6 Å². The summed E-state index contributed by atoms with van der Waals surface area (Å²) in [6, 6.07) is 0. The summed E-state index contributed by atoms with van der Waals surface area (Å²) < 4.78 is 0. The number of hydrogen-bond donors (Lipinski definition) is 3. The second-order valence-corrected chi connectivity index (χ2v) is 3.47. The van der Waals surface area contributed by atoms with Gasteiger partial charge >= 0.3 is 0 Å². The van der Waals surface area contributed by atoms with Gasteiger partial charge in [0.05, 0.1) is 0 Å². The quantitative estimate of drug-likeness (QED) is 0.324. The average Bonchev–Trinajstić information content (AvgIpc) is 2.20. The Morgan fingerprint density at radius 2 is 1.93 bits per heavy atom. The molecule has 0 aromatic carbocycles. The van der Waals surface area contributed by atoms with E-state index in [1.54, 1.807) is 6.08 Å². The van der Waals surface area contributed by atoms with Gasteiger partial charge in [0, 0.05) is 19.7 Å². The van der Waals surface area contributed by atoms with E-state index < -0.39 is 0 Å². The molecule has 0 rings (SSSR count). The molecule has 0 aromatic rings. The lowest BCUT2D eigenvalue weighted by atomic mass is 10.2. The van der Waals surface area contributed by atoms with E-state index in [4.69, 9.17) is 17.3 Å². The average molecular weight is 216 g/mol. The zero-order valence-corrected chi connectivity index (χ0v) is 9.41. The van der Waals surface area contributed by atoms with Crippen molar-refractivity contribution in [3.8, 4) is 0 Å². The van der Waals surface area contributed by atoms with Crippen molar-refractivity contribution in [2.45, 2.75) is 25.7 Å². The lowest BCUT2D eigenvalue weighted by Gasteiger charge is -2.08. The predicted octanol–water partition coefficient (Wildman–Crippen LogP) is 1.19. The Hall–Kier alpha value is -0.610. The van der Waals surface area contributed by atoms with Crippen molar-refractivity contribution >= 4 is 17.3 Å². The van der Waals surface area contributed by atoms with E-state index in [2.05, 4.69) is 17.2 Å². The van der Waals surface area contributed by atoms with Crippen LogP contribution in [-0.2, 0) is 0 Å².